The molecular weight excluding hydrogens is 467 g/mol. The van der Waals surface area contributed by atoms with Gasteiger partial charge in [-0.1, -0.05) is 23.2 Å². The number of aromatic nitrogens is 1. The molecule has 4 N–H and O–H groups in total. The lowest BCUT2D eigenvalue weighted by molar-refractivity contribution is -0.192. The topological polar surface area (TPSA) is 124 Å². The number of alkyl halides is 3. The van der Waals surface area contributed by atoms with Crippen LogP contribution in [-0.4, -0.2) is 65.3 Å². The fourth-order valence-corrected chi connectivity index (χ4v) is 2.76. The number of halogens is 4. The number of carbonyl (C=O) groups is 3. The summed E-state index contributed by atoms with van der Waals surface area (Å²) in [4.78, 5) is 39.8. The molecule has 1 aromatic heterocycles. The van der Waals surface area contributed by atoms with Crippen LogP contribution in [0.3, 0.4) is 0 Å². The summed E-state index contributed by atoms with van der Waals surface area (Å²) >= 11 is 5.81. The maximum Gasteiger partial charge on any atom is 0.490 e. The first kappa shape index (κ1) is 25.9. The minimum Gasteiger partial charge on any atom is -0.475 e. The van der Waals surface area contributed by atoms with Gasteiger partial charge in [0.1, 0.15) is 5.82 Å². The van der Waals surface area contributed by atoms with Crippen LogP contribution in [0.1, 0.15) is 15.9 Å². The number of carboxylic acids is 1. The highest BCUT2D eigenvalue weighted by Crippen LogP contribution is 2.20. The number of aryl methyl sites for hydroxylation is 1. The molecule has 2 heterocycles. The molecule has 3 amide bonds. The molecule has 3 rings (SSSR count). The summed E-state index contributed by atoms with van der Waals surface area (Å²) in [7, 11) is 0. The van der Waals surface area contributed by atoms with E-state index in [0.717, 1.165) is 18.7 Å². The number of anilines is 2. The smallest absolute Gasteiger partial charge is 0.475 e. The van der Waals surface area contributed by atoms with Crippen molar-refractivity contribution < 1.29 is 32.7 Å². The minimum absolute atomic E-state index is 0.214. The summed E-state index contributed by atoms with van der Waals surface area (Å²) in [6.45, 7) is 4.68. The van der Waals surface area contributed by atoms with Crippen molar-refractivity contribution in [3.8, 4) is 0 Å². The molecule has 2 aromatic rings. The minimum atomic E-state index is -5.08. The molecule has 0 unspecified atom stereocenters. The zero-order chi connectivity index (χ0) is 24.6. The summed E-state index contributed by atoms with van der Waals surface area (Å²) in [5, 5.41) is 16.4. The summed E-state index contributed by atoms with van der Waals surface area (Å²) in [5.74, 6) is -2.72. The Balaban J connectivity index is 0.000000479. The molecule has 0 aliphatic carbocycles. The van der Waals surface area contributed by atoms with Gasteiger partial charge in [0.15, 0.2) is 0 Å². The Hall–Kier alpha value is -3.38. The quantitative estimate of drug-likeness (QED) is 0.526. The predicted molar refractivity (Wildman–Crippen MR) is 116 cm³/mol. The third-order valence-electron chi connectivity index (χ3n) is 4.28. The highest BCUT2D eigenvalue weighted by molar-refractivity contribution is 6.30. The first-order valence-corrected chi connectivity index (χ1v) is 9.95. The van der Waals surface area contributed by atoms with E-state index in [9.17, 15) is 22.8 Å². The van der Waals surface area contributed by atoms with Crippen LogP contribution >= 0.6 is 11.6 Å². The molecule has 1 aliphatic heterocycles. The third kappa shape index (κ3) is 8.24. The Bertz CT molecular complexity index is 996. The van der Waals surface area contributed by atoms with Gasteiger partial charge in [0.25, 0.3) is 5.91 Å². The van der Waals surface area contributed by atoms with Gasteiger partial charge in [-0.3, -0.25) is 4.79 Å². The molecule has 178 valence electrons. The molecule has 0 atom stereocenters. The molecule has 33 heavy (non-hydrogen) atoms. The number of hydrogen-bond acceptors (Lipinski definition) is 5. The summed E-state index contributed by atoms with van der Waals surface area (Å²) in [5.41, 5.74) is 1.76. The van der Waals surface area contributed by atoms with E-state index in [2.05, 4.69) is 20.9 Å². The van der Waals surface area contributed by atoms with Crippen molar-refractivity contribution in [1.82, 2.24) is 15.2 Å². The van der Waals surface area contributed by atoms with Crippen molar-refractivity contribution in [2.45, 2.75) is 13.1 Å². The van der Waals surface area contributed by atoms with Crippen LogP contribution in [0.15, 0.2) is 36.5 Å². The van der Waals surface area contributed by atoms with E-state index in [-0.39, 0.29) is 11.9 Å². The van der Waals surface area contributed by atoms with E-state index < -0.39 is 12.1 Å². The second-order valence-corrected chi connectivity index (χ2v) is 7.27. The Morgan fingerprint density at radius 1 is 1.12 bits per heavy atom. The normalized spacial score (nSPS) is 13.4. The number of benzene rings is 1. The highest BCUT2D eigenvalue weighted by atomic mass is 35.5. The predicted octanol–water partition coefficient (Wildman–Crippen LogP) is 3.37. The summed E-state index contributed by atoms with van der Waals surface area (Å²) < 4.78 is 31.7. The van der Waals surface area contributed by atoms with Crippen LogP contribution in [0.4, 0.5) is 29.5 Å². The molecule has 0 radical (unpaired) electrons. The van der Waals surface area contributed by atoms with Crippen molar-refractivity contribution in [3.63, 3.8) is 0 Å². The maximum atomic E-state index is 12.7. The van der Waals surface area contributed by atoms with Crippen LogP contribution in [0.2, 0.25) is 5.02 Å². The zero-order valence-electron chi connectivity index (χ0n) is 17.4. The number of urea groups is 1. The van der Waals surface area contributed by atoms with Gasteiger partial charge in [0.05, 0.1) is 16.3 Å². The maximum absolute atomic E-state index is 12.7. The molecule has 0 saturated carbocycles. The largest absolute Gasteiger partial charge is 0.490 e. The Kier molecular flexibility index (Phi) is 9.00. The SMILES string of the molecule is Cc1ccc(NC(=O)N2CCNCC2)c(C(=O)Nc2ccc(Cl)cn2)c1.O=C(O)C(F)(F)F. The van der Waals surface area contributed by atoms with Gasteiger partial charge in [-0.2, -0.15) is 13.2 Å². The third-order valence-corrected chi connectivity index (χ3v) is 4.50. The number of pyridine rings is 1. The Morgan fingerprint density at radius 2 is 1.76 bits per heavy atom. The number of carboxylic acid groups (broad SMARTS) is 1. The highest BCUT2D eigenvalue weighted by Gasteiger charge is 2.38. The van der Waals surface area contributed by atoms with Gasteiger partial charge < -0.3 is 26.0 Å². The Labute approximate surface area is 191 Å². The van der Waals surface area contributed by atoms with Crippen LogP contribution in [0, 0.1) is 6.92 Å². The van der Waals surface area contributed by atoms with Crippen LogP contribution in [0.5, 0.6) is 0 Å². The number of nitrogens with zero attached hydrogens (tertiary/aromatic N) is 2. The molecule has 0 spiro atoms. The van der Waals surface area contributed by atoms with Gasteiger partial charge in [-0.05, 0) is 31.2 Å². The average molecular weight is 488 g/mol. The lowest BCUT2D eigenvalue weighted by Gasteiger charge is -2.27. The molecule has 1 aliphatic rings. The van der Waals surface area contributed by atoms with E-state index in [1.165, 1.54) is 6.20 Å². The molecule has 1 saturated heterocycles. The van der Waals surface area contributed by atoms with Crippen LogP contribution in [0.25, 0.3) is 0 Å². The number of carbonyl (C=O) groups excluding carboxylic acids is 2. The van der Waals surface area contributed by atoms with Gasteiger partial charge in [0.2, 0.25) is 0 Å². The number of nitrogens with one attached hydrogen (secondary N) is 3. The van der Waals surface area contributed by atoms with Gasteiger partial charge >= 0.3 is 18.2 Å². The molecule has 1 aromatic carbocycles. The second-order valence-electron chi connectivity index (χ2n) is 6.83. The molecule has 9 nitrogen and oxygen atoms in total. The van der Waals surface area contributed by atoms with E-state index in [0.29, 0.717) is 35.2 Å². The summed E-state index contributed by atoms with van der Waals surface area (Å²) in [6.07, 6.45) is -3.62. The Morgan fingerprint density at radius 3 is 2.30 bits per heavy atom. The lowest BCUT2D eigenvalue weighted by atomic mass is 10.1. The fourth-order valence-electron chi connectivity index (χ4n) is 2.65. The fraction of sp³-hybridized carbons (Fsp3) is 0.300. The van der Waals surface area contributed by atoms with Crippen molar-refractivity contribution in [3.05, 3.63) is 52.7 Å². The molecule has 1 fully saturated rings. The van der Waals surface area contributed by atoms with Crippen LogP contribution in [-0.2, 0) is 4.79 Å². The van der Waals surface area contributed by atoms with E-state index in [4.69, 9.17) is 21.5 Å². The van der Waals surface area contributed by atoms with Gasteiger partial charge in [-0.15, -0.1) is 0 Å². The summed E-state index contributed by atoms with van der Waals surface area (Å²) in [6, 6.07) is 8.37. The molecular formula is C20H21ClF3N5O4. The average Bonchev–Trinajstić information content (AvgIpc) is 2.77. The van der Waals surface area contributed by atoms with Gasteiger partial charge in [-0.25, -0.2) is 14.6 Å². The van der Waals surface area contributed by atoms with E-state index >= 15 is 0 Å². The van der Waals surface area contributed by atoms with E-state index in [1.54, 1.807) is 29.2 Å². The van der Waals surface area contributed by atoms with Gasteiger partial charge in [0, 0.05) is 32.4 Å². The number of amides is 3. The monoisotopic (exact) mass is 487 g/mol. The standard InChI is InChI=1S/C18H20ClN5O2.C2HF3O2/c1-12-2-4-15(22-18(26)24-8-6-20-7-9-24)14(10-12)17(25)23-16-5-3-13(19)11-21-16;3-2(4,5)1(6)7/h2-5,10-11,20H,6-9H2,1H3,(H,22,26)(H,21,23,25);(H,6,7). The number of piperazine rings is 1. The molecule has 13 heteroatoms. The number of rotatable bonds is 3. The zero-order valence-corrected chi connectivity index (χ0v) is 18.1. The second kappa shape index (κ2) is 11.5. The number of aliphatic carboxylic acids is 1. The van der Waals surface area contributed by atoms with Crippen molar-refractivity contribution in [1.29, 1.82) is 0 Å². The van der Waals surface area contributed by atoms with Crippen molar-refractivity contribution >= 4 is 41.0 Å². The first-order chi connectivity index (χ1) is 15.5. The van der Waals surface area contributed by atoms with Crippen molar-refractivity contribution in [2.24, 2.45) is 0 Å². The lowest BCUT2D eigenvalue weighted by Crippen LogP contribution is -2.48. The first-order valence-electron chi connectivity index (χ1n) is 9.57. The van der Waals surface area contributed by atoms with E-state index in [1.807, 2.05) is 13.0 Å². The molecule has 0 bridgehead atoms. The van der Waals surface area contributed by atoms with Crippen molar-refractivity contribution in [2.75, 3.05) is 36.8 Å². The van der Waals surface area contributed by atoms with Crippen LogP contribution < -0.4 is 16.0 Å². The number of hydrogen-bond donors (Lipinski definition) is 4.